The van der Waals surface area contributed by atoms with Gasteiger partial charge in [0.2, 0.25) is 5.91 Å². The Morgan fingerprint density at radius 2 is 2.40 bits per heavy atom. The van der Waals surface area contributed by atoms with E-state index in [2.05, 4.69) is 4.98 Å². The summed E-state index contributed by atoms with van der Waals surface area (Å²) in [5.74, 6) is 0.984. The number of anilines is 1. The highest BCUT2D eigenvalue weighted by atomic mass is 19.1. The predicted octanol–water partition coefficient (Wildman–Crippen LogP) is 1.51. The number of piperidine rings is 1. The van der Waals surface area contributed by atoms with Gasteiger partial charge < -0.3 is 0 Å². The molecule has 2 aliphatic rings. The SMILES string of the molecule is Cc1c(F)ccnc1N1C[C@H]2C[C@H]2C1=O. The third kappa shape index (κ3) is 1.17. The molecule has 0 aromatic carbocycles. The molecule has 1 aromatic heterocycles. The molecule has 1 aliphatic carbocycles. The molecule has 15 heavy (non-hydrogen) atoms. The van der Waals surface area contributed by atoms with Crippen LogP contribution in [0.5, 0.6) is 0 Å². The van der Waals surface area contributed by atoms with Crippen LogP contribution in [-0.4, -0.2) is 17.4 Å². The van der Waals surface area contributed by atoms with E-state index in [-0.39, 0.29) is 17.6 Å². The van der Waals surface area contributed by atoms with Crippen molar-refractivity contribution in [2.24, 2.45) is 11.8 Å². The minimum atomic E-state index is -0.298. The van der Waals surface area contributed by atoms with Crippen LogP contribution in [0.3, 0.4) is 0 Å². The Hall–Kier alpha value is -1.45. The smallest absolute Gasteiger partial charge is 0.231 e. The van der Waals surface area contributed by atoms with E-state index in [1.807, 2.05) is 0 Å². The van der Waals surface area contributed by atoms with Gasteiger partial charge in [0, 0.05) is 24.2 Å². The largest absolute Gasteiger partial charge is 0.296 e. The molecule has 0 radical (unpaired) electrons. The first kappa shape index (κ1) is 8.83. The van der Waals surface area contributed by atoms with Crippen molar-refractivity contribution in [2.75, 3.05) is 11.4 Å². The second kappa shape index (κ2) is 2.78. The molecule has 1 saturated heterocycles. The molecule has 3 nitrogen and oxygen atoms in total. The molecule has 2 heterocycles. The fourth-order valence-electron chi connectivity index (χ4n) is 2.24. The number of pyridine rings is 1. The zero-order chi connectivity index (χ0) is 10.6. The molecule has 0 bridgehead atoms. The molecule has 2 atom stereocenters. The normalized spacial score (nSPS) is 28.1. The van der Waals surface area contributed by atoms with Crippen LogP contribution in [0.4, 0.5) is 10.2 Å². The maximum absolute atomic E-state index is 13.3. The van der Waals surface area contributed by atoms with Crippen LogP contribution < -0.4 is 4.90 Å². The van der Waals surface area contributed by atoms with E-state index in [4.69, 9.17) is 0 Å². The highest BCUT2D eigenvalue weighted by molar-refractivity contribution is 5.99. The van der Waals surface area contributed by atoms with Gasteiger partial charge in [-0.2, -0.15) is 0 Å². The second-order valence-corrected chi connectivity index (χ2v) is 4.29. The Morgan fingerprint density at radius 3 is 3.07 bits per heavy atom. The number of rotatable bonds is 1. The van der Waals surface area contributed by atoms with Crippen molar-refractivity contribution in [3.8, 4) is 0 Å². The zero-order valence-corrected chi connectivity index (χ0v) is 8.40. The van der Waals surface area contributed by atoms with Gasteiger partial charge in [-0.3, -0.25) is 9.69 Å². The summed E-state index contributed by atoms with van der Waals surface area (Å²) in [6.45, 7) is 2.37. The minimum absolute atomic E-state index is 0.112. The molecule has 2 fully saturated rings. The number of halogens is 1. The van der Waals surface area contributed by atoms with E-state index in [1.54, 1.807) is 11.8 Å². The summed E-state index contributed by atoms with van der Waals surface area (Å²) in [6, 6.07) is 1.32. The summed E-state index contributed by atoms with van der Waals surface area (Å²) in [6.07, 6.45) is 2.42. The van der Waals surface area contributed by atoms with E-state index < -0.39 is 0 Å². The van der Waals surface area contributed by atoms with E-state index in [1.165, 1.54) is 12.3 Å². The number of amides is 1. The molecule has 0 spiro atoms. The minimum Gasteiger partial charge on any atom is -0.296 e. The number of aromatic nitrogens is 1. The van der Waals surface area contributed by atoms with Gasteiger partial charge in [-0.25, -0.2) is 9.37 Å². The first-order chi connectivity index (χ1) is 7.18. The zero-order valence-electron chi connectivity index (χ0n) is 8.40. The Kier molecular flexibility index (Phi) is 1.63. The number of carbonyl (C=O) groups excluding carboxylic acids is 1. The second-order valence-electron chi connectivity index (χ2n) is 4.29. The lowest BCUT2D eigenvalue weighted by Crippen LogP contribution is -2.29. The van der Waals surface area contributed by atoms with Crippen molar-refractivity contribution in [2.45, 2.75) is 13.3 Å². The molecule has 4 heteroatoms. The summed E-state index contributed by atoms with van der Waals surface area (Å²) < 4.78 is 13.3. The van der Waals surface area contributed by atoms with Crippen molar-refractivity contribution < 1.29 is 9.18 Å². The van der Waals surface area contributed by atoms with Gasteiger partial charge in [-0.1, -0.05) is 0 Å². The van der Waals surface area contributed by atoms with Gasteiger partial charge in [0.15, 0.2) is 0 Å². The van der Waals surface area contributed by atoms with E-state index in [0.29, 0.717) is 23.8 Å². The van der Waals surface area contributed by atoms with Gasteiger partial charge in [0.05, 0.1) is 0 Å². The Bertz CT molecular complexity index is 446. The maximum atomic E-state index is 13.3. The van der Waals surface area contributed by atoms with Crippen molar-refractivity contribution in [1.82, 2.24) is 4.98 Å². The lowest BCUT2D eigenvalue weighted by atomic mass is 10.2. The van der Waals surface area contributed by atoms with E-state index >= 15 is 0 Å². The lowest BCUT2D eigenvalue weighted by Gasteiger charge is -2.19. The quantitative estimate of drug-likeness (QED) is 0.697. The molecule has 1 aliphatic heterocycles. The van der Waals surface area contributed by atoms with Crippen LogP contribution in [0.15, 0.2) is 12.3 Å². The highest BCUT2D eigenvalue weighted by Gasteiger charge is 2.53. The van der Waals surface area contributed by atoms with Gasteiger partial charge in [0.25, 0.3) is 0 Å². The topological polar surface area (TPSA) is 33.2 Å². The van der Waals surface area contributed by atoms with Crippen molar-refractivity contribution in [1.29, 1.82) is 0 Å². The van der Waals surface area contributed by atoms with Crippen LogP contribution in [0.25, 0.3) is 0 Å². The molecule has 0 unspecified atom stereocenters. The Labute approximate surface area is 86.9 Å². The molecular formula is C11H11FN2O. The van der Waals surface area contributed by atoms with Gasteiger partial charge in [0.1, 0.15) is 11.6 Å². The summed E-state index contributed by atoms with van der Waals surface area (Å²) in [7, 11) is 0. The van der Waals surface area contributed by atoms with E-state index in [0.717, 1.165) is 6.42 Å². The van der Waals surface area contributed by atoms with Crippen LogP contribution in [-0.2, 0) is 4.79 Å². The molecule has 3 rings (SSSR count). The standard InChI is InChI=1S/C11H11FN2O/c1-6-9(12)2-3-13-10(6)14-5-7-4-8(7)11(14)15/h2-3,7-8H,4-5H2,1H3/t7-,8-/m1/s1. The summed E-state index contributed by atoms with van der Waals surface area (Å²) in [5, 5.41) is 0. The number of fused-ring (bicyclic) bond motifs is 1. The Balaban J connectivity index is 1.99. The number of nitrogens with zero attached hydrogens (tertiary/aromatic N) is 2. The van der Waals surface area contributed by atoms with Gasteiger partial charge in [-0.15, -0.1) is 0 Å². The van der Waals surface area contributed by atoms with Crippen LogP contribution in [0.2, 0.25) is 0 Å². The van der Waals surface area contributed by atoms with Gasteiger partial charge >= 0.3 is 0 Å². The predicted molar refractivity (Wildman–Crippen MR) is 52.9 cm³/mol. The van der Waals surface area contributed by atoms with Crippen LogP contribution in [0, 0.1) is 24.6 Å². The molecule has 0 N–H and O–H groups in total. The van der Waals surface area contributed by atoms with Crippen molar-refractivity contribution in [3.05, 3.63) is 23.6 Å². The molecule has 1 amide bonds. The number of hydrogen-bond donors (Lipinski definition) is 0. The molecule has 1 aromatic rings. The summed E-state index contributed by atoms with van der Waals surface area (Å²) in [5.41, 5.74) is 0.465. The molecule has 78 valence electrons. The van der Waals surface area contributed by atoms with Crippen LogP contribution in [0.1, 0.15) is 12.0 Å². The Morgan fingerprint density at radius 1 is 1.60 bits per heavy atom. The lowest BCUT2D eigenvalue weighted by molar-refractivity contribution is -0.118. The highest BCUT2D eigenvalue weighted by Crippen LogP contribution is 2.47. The molecule has 1 saturated carbocycles. The first-order valence-electron chi connectivity index (χ1n) is 5.11. The van der Waals surface area contributed by atoms with E-state index in [9.17, 15) is 9.18 Å². The van der Waals surface area contributed by atoms with Gasteiger partial charge in [-0.05, 0) is 25.3 Å². The monoisotopic (exact) mass is 206 g/mol. The average Bonchev–Trinajstić information content (AvgIpc) is 2.92. The van der Waals surface area contributed by atoms with Crippen LogP contribution >= 0.6 is 0 Å². The fraction of sp³-hybridized carbons (Fsp3) is 0.455. The summed E-state index contributed by atoms with van der Waals surface area (Å²) >= 11 is 0. The average molecular weight is 206 g/mol. The first-order valence-corrected chi connectivity index (χ1v) is 5.11. The molecular weight excluding hydrogens is 195 g/mol. The van der Waals surface area contributed by atoms with Crippen molar-refractivity contribution >= 4 is 11.7 Å². The number of carbonyl (C=O) groups is 1. The number of hydrogen-bond acceptors (Lipinski definition) is 2. The fourth-order valence-corrected chi connectivity index (χ4v) is 2.24. The maximum Gasteiger partial charge on any atom is 0.231 e. The van der Waals surface area contributed by atoms with Crippen molar-refractivity contribution in [3.63, 3.8) is 0 Å². The third-order valence-corrected chi connectivity index (χ3v) is 3.29. The summed E-state index contributed by atoms with van der Waals surface area (Å²) in [4.78, 5) is 17.5. The third-order valence-electron chi connectivity index (χ3n) is 3.29.